The van der Waals surface area contributed by atoms with Crippen molar-refractivity contribution in [2.24, 2.45) is 5.92 Å². The first-order chi connectivity index (χ1) is 6.18. The summed E-state index contributed by atoms with van der Waals surface area (Å²) in [5.74, 6) is 1.00. The average Bonchev–Trinajstić information content (AvgIpc) is 2.87. The third-order valence-electron chi connectivity index (χ3n) is 3.42. The standard InChI is InChI=1S/C11H22N2/c1-8(2)13-7-9(3)12-6-11(13)10-4-5-10/h8-12H,4-7H2,1-3H3. The van der Waals surface area contributed by atoms with E-state index in [4.69, 9.17) is 0 Å². The van der Waals surface area contributed by atoms with Gasteiger partial charge < -0.3 is 5.32 Å². The number of piperazine rings is 1. The Bertz CT molecular complexity index is 175. The van der Waals surface area contributed by atoms with E-state index in [0.717, 1.165) is 18.0 Å². The van der Waals surface area contributed by atoms with Crippen LogP contribution in [-0.2, 0) is 0 Å². The molecule has 2 nitrogen and oxygen atoms in total. The molecule has 0 amide bonds. The van der Waals surface area contributed by atoms with Gasteiger partial charge in [-0.1, -0.05) is 0 Å². The zero-order valence-electron chi connectivity index (χ0n) is 9.09. The molecule has 76 valence electrons. The van der Waals surface area contributed by atoms with Crippen LogP contribution in [0.15, 0.2) is 0 Å². The van der Waals surface area contributed by atoms with Gasteiger partial charge in [0.25, 0.3) is 0 Å². The molecule has 1 heterocycles. The lowest BCUT2D eigenvalue weighted by atomic mass is 10.0. The summed E-state index contributed by atoms with van der Waals surface area (Å²) in [7, 11) is 0. The predicted molar refractivity (Wildman–Crippen MR) is 55.8 cm³/mol. The van der Waals surface area contributed by atoms with Crippen LogP contribution in [0.5, 0.6) is 0 Å². The second-order valence-corrected chi connectivity index (χ2v) is 5.00. The minimum atomic E-state index is 0.678. The quantitative estimate of drug-likeness (QED) is 0.695. The molecule has 2 atom stereocenters. The highest BCUT2D eigenvalue weighted by atomic mass is 15.3. The van der Waals surface area contributed by atoms with E-state index in [0.29, 0.717) is 6.04 Å². The average molecular weight is 182 g/mol. The Morgan fingerprint density at radius 1 is 1.31 bits per heavy atom. The molecule has 2 aliphatic rings. The lowest BCUT2D eigenvalue weighted by Crippen LogP contribution is -2.58. The van der Waals surface area contributed by atoms with Crippen molar-refractivity contribution in [2.75, 3.05) is 13.1 Å². The molecule has 1 N–H and O–H groups in total. The van der Waals surface area contributed by atoms with Crippen molar-refractivity contribution in [3.05, 3.63) is 0 Å². The van der Waals surface area contributed by atoms with Crippen LogP contribution < -0.4 is 5.32 Å². The smallest absolute Gasteiger partial charge is 0.0252 e. The number of hydrogen-bond donors (Lipinski definition) is 1. The van der Waals surface area contributed by atoms with E-state index in [1.54, 1.807) is 0 Å². The molecule has 2 fully saturated rings. The van der Waals surface area contributed by atoms with E-state index in [1.807, 2.05) is 0 Å². The van der Waals surface area contributed by atoms with Crippen LogP contribution >= 0.6 is 0 Å². The number of nitrogens with zero attached hydrogens (tertiary/aromatic N) is 1. The minimum Gasteiger partial charge on any atom is -0.311 e. The molecule has 0 radical (unpaired) electrons. The first-order valence-corrected chi connectivity index (χ1v) is 5.67. The fourth-order valence-corrected chi connectivity index (χ4v) is 2.47. The van der Waals surface area contributed by atoms with Crippen molar-refractivity contribution in [1.29, 1.82) is 0 Å². The SMILES string of the molecule is CC1CN(C(C)C)C(C2CC2)CN1. The summed E-state index contributed by atoms with van der Waals surface area (Å²) in [6.45, 7) is 9.39. The molecule has 0 bridgehead atoms. The van der Waals surface area contributed by atoms with E-state index >= 15 is 0 Å². The highest BCUT2D eigenvalue weighted by Gasteiger charge is 2.38. The summed E-state index contributed by atoms with van der Waals surface area (Å²) in [6, 6.07) is 2.23. The zero-order chi connectivity index (χ0) is 9.42. The maximum absolute atomic E-state index is 3.60. The summed E-state index contributed by atoms with van der Waals surface area (Å²) in [5.41, 5.74) is 0. The van der Waals surface area contributed by atoms with Gasteiger partial charge in [0.05, 0.1) is 0 Å². The number of hydrogen-bond acceptors (Lipinski definition) is 2. The maximum Gasteiger partial charge on any atom is 0.0252 e. The van der Waals surface area contributed by atoms with E-state index < -0.39 is 0 Å². The van der Waals surface area contributed by atoms with Gasteiger partial charge in [-0.2, -0.15) is 0 Å². The van der Waals surface area contributed by atoms with Gasteiger partial charge in [-0.25, -0.2) is 0 Å². The third-order valence-corrected chi connectivity index (χ3v) is 3.42. The van der Waals surface area contributed by atoms with Gasteiger partial charge >= 0.3 is 0 Å². The van der Waals surface area contributed by atoms with Gasteiger partial charge in [0.15, 0.2) is 0 Å². The van der Waals surface area contributed by atoms with Gasteiger partial charge in [-0.05, 0) is 39.5 Å². The Morgan fingerprint density at radius 2 is 2.00 bits per heavy atom. The van der Waals surface area contributed by atoms with Crippen LogP contribution in [0.2, 0.25) is 0 Å². The van der Waals surface area contributed by atoms with Gasteiger partial charge in [0, 0.05) is 31.2 Å². The molecule has 0 aromatic carbocycles. The van der Waals surface area contributed by atoms with Crippen LogP contribution in [0.3, 0.4) is 0 Å². The Labute approximate surface area is 81.7 Å². The Balaban J connectivity index is 1.98. The van der Waals surface area contributed by atoms with Gasteiger partial charge in [-0.3, -0.25) is 4.90 Å². The monoisotopic (exact) mass is 182 g/mol. The van der Waals surface area contributed by atoms with E-state index in [2.05, 4.69) is 31.0 Å². The summed E-state index contributed by atoms with van der Waals surface area (Å²) in [4.78, 5) is 2.69. The van der Waals surface area contributed by atoms with Crippen molar-refractivity contribution in [2.45, 2.75) is 51.7 Å². The topological polar surface area (TPSA) is 15.3 Å². The first kappa shape index (κ1) is 9.47. The molecule has 0 aromatic heterocycles. The Hall–Kier alpha value is -0.0800. The highest BCUT2D eigenvalue weighted by Crippen LogP contribution is 2.36. The molecule has 1 saturated heterocycles. The zero-order valence-corrected chi connectivity index (χ0v) is 9.09. The minimum absolute atomic E-state index is 0.678. The predicted octanol–water partition coefficient (Wildman–Crippen LogP) is 1.47. The van der Waals surface area contributed by atoms with Crippen molar-refractivity contribution in [3.8, 4) is 0 Å². The normalized spacial score (nSPS) is 36.9. The van der Waals surface area contributed by atoms with Gasteiger partial charge in [-0.15, -0.1) is 0 Å². The molecule has 2 heteroatoms. The summed E-state index contributed by atoms with van der Waals surface area (Å²) < 4.78 is 0. The molecule has 1 aliphatic carbocycles. The molecule has 2 unspecified atom stereocenters. The van der Waals surface area contributed by atoms with Crippen molar-refractivity contribution < 1.29 is 0 Å². The van der Waals surface area contributed by atoms with Crippen LogP contribution in [0, 0.1) is 5.92 Å². The lowest BCUT2D eigenvalue weighted by molar-refractivity contribution is 0.0877. The largest absolute Gasteiger partial charge is 0.311 e. The molecule has 13 heavy (non-hydrogen) atoms. The summed E-state index contributed by atoms with van der Waals surface area (Å²) in [5, 5.41) is 3.60. The van der Waals surface area contributed by atoms with Crippen LogP contribution in [0.25, 0.3) is 0 Å². The van der Waals surface area contributed by atoms with E-state index in [-0.39, 0.29) is 0 Å². The second kappa shape index (κ2) is 3.58. The van der Waals surface area contributed by atoms with E-state index in [1.165, 1.54) is 25.9 Å². The van der Waals surface area contributed by atoms with Crippen molar-refractivity contribution >= 4 is 0 Å². The van der Waals surface area contributed by atoms with Gasteiger partial charge in [0.1, 0.15) is 0 Å². The maximum atomic E-state index is 3.60. The summed E-state index contributed by atoms with van der Waals surface area (Å²) >= 11 is 0. The number of nitrogens with one attached hydrogen (secondary N) is 1. The van der Waals surface area contributed by atoms with E-state index in [9.17, 15) is 0 Å². The van der Waals surface area contributed by atoms with Crippen LogP contribution in [0.4, 0.5) is 0 Å². The highest BCUT2D eigenvalue weighted by molar-refractivity contribution is 4.95. The molecular formula is C11H22N2. The molecule has 0 aromatic rings. The molecule has 2 rings (SSSR count). The fourth-order valence-electron chi connectivity index (χ4n) is 2.47. The van der Waals surface area contributed by atoms with Gasteiger partial charge in [0.2, 0.25) is 0 Å². The fraction of sp³-hybridized carbons (Fsp3) is 1.00. The van der Waals surface area contributed by atoms with Crippen LogP contribution in [-0.4, -0.2) is 36.1 Å². The lowest BCUT2D eigenvalue weighted by Gasteiger charge is -2.42. The van der Waals surface area contributed by atoms with Crippen molar-refractivity contribution in [1.82, 2.24) is 10.2 Å². The third kappa shape index (κ3) is 2.05. The second-order valence-electron chi connectivity index (χ2n) is 5.00. The number of rotatable bonds is 2. The molecule has 1 saturated carbocycles. The Kier molecular flexibility index (Phi) is 2.61. The molecule has 1 aliphatic heterocycles. The molecular weight excluding hydrogens is 160 g/mol. The molecule has 0 spiro atoms. The summed E-state index contributed by atoms with van der Waals surface area (Å²) in [6.07, 6.45) is 2.92. The first-order valence-electron chi connectivity index (χ1n) is 5.67. The van der Waals surface area contributed by atoms with Crippen LogP contribution in [0.1, 0.15) is 33.6 Å². The Morgan fingerprint density at radius 3 is 2.54 bits per heavy atom. The van der Waals surface area contributed by atoms with Crippen molar-refractivity contribution in [3.63, 3.8) is 0 Å².